The Hall–Kier alpha value is -5.77. The van der Waals surface area contributed by atoms with E-state index >= 15 is 0 Å². The van der Waals surface area contributed by atoms with E-state index in [1.54, 1.807) is 6.20 Å². The summed E-state index contributed by atoms with van der Waals surface area (Å²) in [7, 11) is 0. The van der Waals surface area contributed by atoms with Gasteiger partial charge in [-0.25, -0.2) is 0 Å². The summed E-state index contributed by atoms with van der Waals surface area (Å²) in [5.41, 5.74) is 7.87. The summed E-state index contributed by atoms with van der Waals surface area (Å²) in [4.78, 5) is 99.7. The van der Waals surface area contributed by atoms with Crippen LogP contribution >= 0.6 is 0 Å². The van der Waals surface area contributed by atoms with Crippen molar-refractivity contribution in [1.29, 1.82) is 0 Å². The van der Waals surface area contributed by atoms with Crippen molar-refractivity contribution in [2.24, 2.45) is 41.2 Å². The fraction of sp³-hybridized carbons (Fsp3) is 0.571. The molecule has 2 heterocycles. The summed E-state index contributed by atoms with van der Waals surface area (Å²) in [5.74, 6) is -0.587. The highest BCUT2D eigenvalue weighted by atomic mass is 16.2. The molecule has 65 heavy (non-hydrogen) atoms. The van der Waals surface area contributed by atoms with E-state index < -0.39 is 59.7 Å². The van der Waals surface area contributed by atoms with Crippen LogP contribution in [0.4, 0.5) is 0 Å². The number of fused-ring (bicyclic) bond motifs is 1. The van der Waals surface area contributed by atoms with Gasteiger partial charge in [0.25, 0.3) is 0 Å². The molecule has 7 amide bonds. The number of benzene rings is 2. The zero-order valence-corrected chi connectivity index (χ0v) is 37.7. The van der Waals surface area contributed by atoms with Crippen molar-refractivity contribution in [3.63, 3.8) is 0 Å². The molecule has 0 spiro atoms. The smallest absolute Gasteiger partial charge is 0.243 e. The van der Waals surface area contributed by atoms with E-state index in [0.29, 0.717) is 36.3 Å². The van der Waals surface area contributed by atoms with E-state index in [1.165, 1.54) is 32.1 Å². The maximum atomic E-state index is 14.5. The van der Waals surface area contributed by atoms with Gasteiger partial charge in [0.2, 0.25) is 41.4 Å². The number of nitrogens with two attached hydrogens (primary N) is 1. The quantitative estimate of drug-likeness (QED) is 0.123. The minimum atomic E-state index is -1.34. The number of rotatable bonds is 13. The molecular formula is C49H67N9O7. The van der Waals surface area contributed by atoms with Crippen LogP contribution in [0.25, 0.3) is 10.9 Å². The van der Waals surface area contributed by atoms with Crippen molar-refractivity contribution in [1.82, 2.24) is 42.2 Å². The van der Waals surface area contributed by atoms with Gasteiger partial charge in [0.15, 0.2) is 0 Å². The first-order valence-electron chi connectivity index (χ1n) is 23.6. The van der Waals surface area contributed by atoms with Crippen LogP contribution in [-0.4, -0.2) is 96.2 Å². The van der Waals surface area contributed by atoms with Gasteiger partial charge in [-0.15, -0.1) is 0 Å². The fourth-order valence-corrected chi connectivity index (χ4v) is 11.0. The van der Waals surface area contributed by atoms with Crippen LogP contribution in [0.15, 0.2) is 60.8 Å². The number of nitrogens with one attached hydrogen (secondary N) is 8. The summed E-state index contributed by atoms with van der Waals surface area (Å²) in [6, 6.07) is 11.4. The van der Waals surface area contributed by atoms with Crippen molar-refractivity contribution in [2.75, 3.05) is 19.6 Å². The lowest BCUT2D eigenvalue weighted by atomic mass is 9.52. The molecule has 0 unspecified atom stereocenters. The monoisotopic (exact) mass is 894 g/mol. The van der Waals surface area contributed by atoms with Crippen LogP contribution in [0.2, 0.25) is 0 Å². The Morgan fingerprint density at radius 1 is 0.738 bits per heavy atom. The number of aromatic nitrogens is 1. The van der Waals surface area contributed by atoms with Gasteiger partial charge >= 0.3 is 0 Å². The summed E-state index contributed by atoms with van der Waals surface area (Å²) >= 11 is 0. The Kier molecular flexibility index (Phi) is 15.9. The fourth-order valence-electron chi connectivity index (χ4n) is 11.0. The normalized spacial score (nSPS) is 29.1. The third-order valence-electron chi connectivity index (χ3n) is 14.0. The lowest BCUT2D eigenvalue weighted by Gasteiger charge is -2.54. The molecule has 16 heteroatoms. The molecule has 350 valence electrons. The number of hydrogen-bond acceptors (Lipinski definition) is 8. The van der Waals surface area contributed by atoms with Gasteiger partial charge < -0.3 is 47.9 Å². The molecule has 16 nitrogen and oxygen atoms in total. The van der Waals surface area contributed by atoms with Gasteiger partial charge in [-0.05, 0) is 97.6 Å². The highest BCUT2D eigenvalue weighted by molar-refractivity contribution is 5.96. The second kappa shape index (κ2) is 21.9. The number of carbonyl (C=O) groups excluding carboxylic acids is 7. The maximum Gasteiger partial charge on any atom is 0.243 e. The topological polar surface area (TPSA) is 246 Å². The largest absolute Gasteiger partial charge is 0.370 e. The van der Waals surface area contributed by atoms with E-state index in [4.69, 9.17) is 5.73 Å². The molecule has 2 aromatic carbocycles. The molecule has 4 bridgehead atoms. The Labute approximate surface area is 380 Å². The molecule has 0 radical (unpaired) electrons. The first-order chi connectivity index (χ1) is 31.3. The van der Waals surface area contributed by atoms with E-state index in [0.717, 1.165) is 28.3 Å². The molecule has 4 saturated carbocycles. The predicted molar refractivity (Wildman–Crippen MR) is 245 cm³/mol. The Bertz CT molecular complexity index is 2150. The number of primary amides is 1. The third kappa shape index (κ3) is 13.0. The summed E-state index contributed by atoms with van der Waals surface area (Å²) in [6.07, 6.45) is 7.85. The highest BCUT2D eigenvalue weighted by Crippen LogP contribution is 2.56. The molecule has 5 fully saturated rings. The second-order valence-electron chi connectivity index (χ2n) is 19.4. The van der Waals surface area contributed by atoms with E-state index in [1.807, 2.05) is 68.4 Å². The van der Waals surface area contributed by atoms with Crippen molar-refractivity contribution < 1.29 is 33.6 Å². The highest BCUT2D eigenvalue weighted by Gasteiger charge is 2.48. The van der Waals surface area contributed by atoms with Crippen LogP contribution in [0, 0.1) is 35.5 Å². The molecule has 5 atom stereocenters. The van der Waals surface area contributed by atoms with Gasteiger partial charge in [0.05, 0.1) is 12.5 Å². The average molecular weight is 894 g/mol. The summed E-state index contributed by atoms with van der Waals surface area (Å²) in [6.45, 7) is 4.68. The van der Waals surface area contributed by atoms with E-state index in [9.17, 15) is 33.6 Å². The van der Waals surface area contributed by atoms with Gasteiger partial charge in [0, 0.05) is 68.5 Å². The van der Waals surface area contributed by atoms with Gasteiger partial charge in [-0.2, -0.15) is 0 Å². The van der Waals surface area contributed by atoms with Crippen LogP contribution in [0.1, 0.15) is 89.2 Å². The Balaban J connectivity index is 1.16. The molecule has 8 rings (SSSR count). The van der Waals surface area contributed by atoms with Gasteiger partial charge in [-0.1, -0.05) is 62.4 Å². The lowest BCUT2D eigenvalue weighted by Crippen LogP contribution is -2.59. The average Bonchev–Trinajstić information content (AvgIpc) is 3.67. The lowest BCUT2D eigenvalue weighted by molar-refractivity contribution is -0.134. The zero-order chi connectivity index (χ0) is 46.0. The number of aromatic amines is 1. The summed E-state index contributed by atoms with van der Waals surface area (Å²) in [5, 5.41) is 21.5. The van der Waals surface area contributed by atoms with Crippen molar-refractivity contribution in [3.05, 3.63) is 71.9 Å². The van der Waals surface area contributed by atoms with E-state index in [-0.39, 0.29) is 69.3 Å². The molecule has 5 aliphatic rings. The number of H-pyrrole nitrogens is 1. The van der Waals surface area contributed by atoms with Crippen LogP contribution in [0.5, 0.6) is 0 Å². The molecule has 4 aliphatic carbocycles. The predicted octanol–water partition coefficient (Wildman–Crippen LogP) is 2.26. The minimum absolute atomic E-state index is 0.00350. The van der Waals surface area contributed by atoms with Crippen molar-refractivity contribution in [3.8, 4) is 0 Å². The third-order valence-corrected chi connectivity index (χ3v) is 14.0. The number of para-hydroxylation sites is 1. The molecular weight excluding hydrogens is 827 g/mol. The maximum absolute atomic E-state index is 14.5. The summed E-state index contributed by atoms with van der Waals surface area (Å²) < 4.78 is 0. The second-order valence-corrected chi connectivity index (χ2v) is 19.4. The molecule has 1 saturated heterocycles. The SMILES string of the molecule is CC(C)C[C@H]1CN[C@@H](CC(=O)NCC2C3CC4CC(C3)CC2C4)C(=O)N[C@@H](CCC(N)=O)C(=O)N[C@@H](Cc2c[nH]c3ccccc23)C(=O)N[C@@H](Cc2ccccc2)C(=O)NCCC(=O)N1. The Morgan fingerprint density at radius 2 is 1.37 bits per heavy atom. The first kappa shape index (κ1) is 47.2. The van der Waals surface area contributed by atoms with Gasteiger partial charge in [-0.3, -0.25) is 33.6 Å². The molecule has 1 aliphatic heterocycles. The Morgan fingerprint density at radius 3 is 2.06 bits per heavy atom. The first-order valence-corrected chi connectivity index (χ1v) is 23.6. The minimum Gasteiger partial charge on any atom is -0.370 e. The number of carbonyl (C=O) groups is 7. The molecule has 3 aromatic rings. The van der Waals surface area contributed by atoms with Crippen LogP contribution in [0.3, 0.4) is 0 Å². The van der Waals surface area contributed by atoms with Gasteiger partial charge in [0.1, 0.15) is 18.1 Å². The molecule has 10 N–H and O–H groups in total. The van der Waals surface area contributed by atoms with Crippen LogP contribution in [-0.2, 0) is 46.4 Å². The van der Waals surface area contributed by atoms with Crippen LogP contribution < -0.4 is 43.0 Å². The zero-order valence-electron chi connectivity index (χ0n) is 37.7. The molecule has 1 aromatic heterocycles. The van der Waals surface area contributed by atoms with E-state index in [2.05, 4.69) is 42.2 Å². The van der Waals surface area contributed by atoms with Crippen molar-refractivity contribution >= 4 is 52.3 Å². The standard InChI is InChI=1S/C49H67N9O7/c1-28(2)16-35-26-53-40(24-45(61)54-27-37-32-18-30-17-31(20-32)21-33(37)19-30)48(64)56-39(12-13-43(50)59)47(63)58-42(23-34-25-52-38-11-7-6-10-36(34)38)49(65)57-41(22-29-8-4-3-5-9-29)46(62)51-15-14-44(60)55-35/h3-11,25,28,30-33,35,37,39-42,52-53H,12-24,26-27H2,1-2H3,(H2,50,59)(H,51,62)(H,54,61)(H,55,60)(H,56,64)(H,57,65)(H,58,63)/t30?,31?,32?,33?,35-,37?,39-,40-,41-,42-/m0/s1. The van der Waals surface area contributed by atoms with Crippen molar-refractivity contribution in [2.45, 2.75) is 121 Å². The number of hydrogen-bond donors (Lipinski definition) is 9. The number of amides is 7.